The lowest BCUT2D eigenvalue weighted by molar-refractivity contribution is -0.147. The van der Waals surface area contributed by atoms with E-state index in [0.717, 1.165) is 0 Å². The second-order valence-corrected chi connectivity index (χ2v) is 6.23. The average molecular weight is 333 g/mol. The zero-order valence-electron chi connectivity index (χ0n) is 12.2. The molecule has 120 valence electrons. The van der Waals surface area contributed by atoms with Gasteiger partial charge in [0.05, 0.1) is 23.1 Å². The quantitative estimate of drug-likeness (QED) is 0.888. The predicted octanol–water partition coefficient (Wildman–Crippen LogP) is 0.773. The van der Waals surface area contributed by atoms with Crippen LogP contribution in [0.4, 0.5) is 0 Å². The minimum absolute atomic E-state index is 0.0737. The Hall–Kier alpha value is -2.35. The van der Waals surface area contributed by atoms with Gasteiger partial charge in [-0.15, -0.1) is 11.8 Å². The number of aryl methyl sites for hydroxylation is 1. The molecule has 1 aliphatic heterocycles. The van der Waals surface area contributed by atoms with Gasteiger partial charge in [0.2, 0.25) is 5.91 Å². The van der Waals surface area contributed by atoms with Crippen LogP contribution in [0.15, 0.2) is 35.4 Å². The number of hydrogen-bond acceptors (Lipinski definition) is 5. The van der Waals surface area contributed by atoms with Crippen molar-refractivity contribution in [1.82, 2.24) is 14.5 Å². The van der Waals surface area contributed by atoms with Crippen molar-refractivity contribution < 1.29 is 14.7 Å². The number of nitrogens with zero attached hydrogens (tertiary/aromatic N) is 3. The number of hydrogen-bond donors (Lipinski definition) is 1. The van der Waals surface area contributed by atoms with Crippen LogP contribution in [0.2, 0.25) is 0 Å². The van der Waals surface area contributed by atoms with E-state index in [1.54, 1.807) is 24.3 Å². The number of aliphatic carboxylic acids is 1. The highest BCUT2D eigenvalue weighted by Gasteiger charge is 2.34. The Labute approximate surface area is 135 Å². The van der Waals surface area contributed by atoms with Gasteiger partial charge in [0.15, 0.2) is 0 Å². The van der Waals surface area contributed by atoms with E-state index in [1.807, 2.05) is 0 Å². The number of fused-ring (bicyclic) bond motifs is 1. The number of carbonyl (C=O) groups is 2. The maximum atomic E-state index is 12.3. The van der Waals surface area contributed by atoms with E-state index in [4.69, 9.17) is 5.11 Å². The second kappa shape index (κ2) is 6.41. The highest BCUT2D eigenvalue weighted by Crippen LogP contribution is 2.21. The van der Waals surface area contributed by atoms with Crippen LogP contribution in [0.25, 0.3) is 10.9 Å². The molecule has 1 aliphatic rings. The largest absolute Gasteiger partial charge is 0.480 e. The molecule has 0 unspecified atom stereocenters. The summed E-state index contributed by atoms with van der Waals surface area (Å²) in [6, 6.07) is 6.24. The van der Waals surface area contributed by atoms with Crippen molar-refractivity contribution in [2.75, 3.05) is 11.6 Å². The summed E-state index contributed by atoms with van der Waals surface area (Å²) in [6.45, 7) is 0.184. The van der Waals surface area contributed by atoms with Crippen molar-refractivity contribution in [3.05, 3.63) is 40.9 Å². The topological polar surface area (TPSA) is 92.5 Å². The van der Waals surface area contributed by atoms with Gasteiger partial charge in [-0.1, -0.05) is 12.1 Å². The molecule has 1 saturated heterocycles. The summed E-state index contributed by atoms with van der Waals surface area (Å²) >= 11 is 1.42. The molecular formula is C15H15N3O4S. The van der Waals surface area contributed by atoms with Crippen LogP contribution < -0.4 is 5.56 Å². The number of benzene rings is 1. The first-order chi connectivity index (χ1) is 11.1. The number of rotatable bonds is 4. The lowest BCUT2D eigenvalue weighted by Gasteiger charge is -2.20. The van der Waals surface area contributed by atoms with Gasteiger partial charge in [-0.3, -0.25) is 14.2 Å². The molecule has 1 aromatic heterocycles. The van der Waals surface area contributed by atoms with Crippen LogP contribution in [-0.2, 0) is 16.1 Å². The van der Waals surface area contributed by atoms with Gasteiger partial charge in [0.1, 0.15) is 6.04 Å². The van der Waals surface area contributed by atoms with Crippen LogP contribution in [0.3, 0.4) is 0 Å². The molecule has 1 aromatic carbocycles. The molecule has 0 radical (unpaired) electrons. The highest BCUT2D eigenvalue weighted by atomic mass is 32.2. The number of aromatic nitrogens is 2. The molecule has 1 fully saturated rings. The molecule has 3 rings (SSSR count). The number of amides is 1. The Morgan fingerprint density at radius 1 is 1.35 bits per heavy atom. The molecule has 2 heterocycles. The van der Waals surface area contributed by atoms with Crippen molar-refractivity contribution in [1.29, 1.82) is 0 Å². The zero-order chi connectivity index (χ0) is 16.4. The number of para-hydroxylation sites is 1. The summed E-state index contributed by atoms with van der Waals surface area (Å²) < 4.78 is 1.39. The number of carboxylic acids is 1. The number of carboxylic acid groups (broad SMARTS) is 1. The fourth-order valence-corrected chi connectivity index (χ4v) is 3.69. The smallest absolute Gasteiger partial charge is 0.327 e. The third-order valence-corrected chi connectivity index (χ3v) is 4.80. The van der Waals surface area contributed by atoms with Gasteiger partial charge in [0, 0.05) is 18.7 Å². The van der Waals surface area contributed by atoms with E-state index in [0.29, 0.717) is 22.5 Å². The Balaban J connectivity index is 1.73. The molecule has 0 saturated carbocycles. The fourth-order valence-electron chi connectivity index (χ4n) is 2.52. The van der Waals surface area contributed by atoms with Gasteiger partial charge in [-0.25, -0.2) is 9.78 Å². The van der Waals surface area contributed by atoms with Crippen molar-refractivity contribution in [3.63, 3.8) is 0 Å². The summed E-state index contributed by atoms with van der Waals surface area (Å²) in [4.78, 5) is 41.2. The minimum Gasteiger partial charge on any atom is -0.480 e. The molecular weight excluding hydrogens is 318 g/mol. The number of carbonyl (C=O) groups excluding carboxylic acids is 1. The zero-order valence-corrected chi connectivity index (χ0v) is 13.0. The molecule has 0 spiro atoms. The third-order valence-electron chi connectivity index (χ3n) is 3.79. The SMILES string of the molecule is O=C(O)[C@H]1CSCN1C(=O)CCn1cnc2ccccc2c1=O. The second-order valence-electron chi connectivity index (χ2n) is 5.23. The Morgan fingerprint density at radius 3 is 2.91 bits per heavy atom. The first kappa shape index (κ1) is 15.5. The van der Waals surface area contributed by atoms with E-state index in [9.17, 15) is 14.4 Å². The van der Waals surface area contributed by atoms with E-state index < -0.39 is 12.0 Å². The molecule has 1 amide bonds. The molecule has 1 atom stereocenters. The molecule has 0 bridgehead atoms. The van der Waals surface area contributed by atoms with Gasteiger partial charge in [0.25, 0.3) is 5.56 Å². The lowest BCUT2D eigenvalue weighted by atomic mass is 10.2. The maximum absolute atomic E-state index is 12.3. The molecule has 23 heavy (non-hydrogen) atoms. The Morgan fingerprint density at radius 2 is 2.13 bits per heavy atom. The van der Waals surface area contributed by atoms with Crippen LogP contribution in [-0.4, -0.2) is 49.1 Å². The van der Waals surface area contributed by atoms with Crippen molar-refractivity contribution >= 4 is 34.5 Å². The summed E-state index contributed by atoms with van der Waals surface area (Å²) in [5.74, 6) is -0.477. The predicted molar refractivity (Wildman–Crippen MR) is 86.2 cm³/mol. The first-order valence-electron chi connectivity index (χ1n) is 7.12. The molecule has 1 N–H and O–H groups in total. The van der Waals surface area contributed by atoms with Gasteiger partial charge in [-0.2, -0.15) is 0 Å². The van der Waals surface area contributed by atoms with Crippen LogP contribution in [0, 0.1) is 0 Å². The fraction of sp³-hybridized carbons (Fsp3) is 0.333. The lowest BCUT2D eigenvalue weighted by Crippen LogP contribution is -2.42. The van der Waals surface area contributed by atoms with Gasteiger partial charge in [-0.05, 0) is 12.1 Å². The maximum Gasteiger partial charge on any atom is 0.327 e. The third kappa shape index (κ3) is 3.07. The van der Waals surface area contributed by atoms with Crippen molar-refractivity contribution in [2.24, 2.45) is 0 Å². The highest BCUT2D eigenvalue weighted by molar-refractivity contribution is 7.99. The molecule has 2 aromatic rings. The number of thioether (sulfide) groups is 1. The molecule has 0 aliphatic carbocycles. The summed E-state index contributed by atoms with van der Waals surface area (Å²) in [7, 11) is 0. The van der Waals surface area contributed by atoms with Crippen LogP contribution >= 0.6 is 11.8 Å². The summed E-state index contributed by atoms with van der Waals surface area (Å²) in [5.41, 5.74) is 0.413. The summed E-state index contributed by atoms with van der Waals surface area (Å²) in [6.07, 6.45) is 1.50. The normalized spacial score (nSPS) is 17.6. The molecule has 8 heteroatoms. The Bertz CT molecular complexity index is 820. The van der Waals surface area contributed by atoms with E-state index in [-0.39, 0.29) is 24.4 Å². The standard InChI is InChI=1S/C15H15N3O4S/c19-13(18-9-23-7-12(18)15(21)22)5-6-17-8-16-11-4-2-1-3-10(11)14(17)20/h1-4,8,12H,5-7,9H2,(H,21,22)/t12-/m1/s1. The van der Waals surface area contributed by atoms with Crippen LogP contribution in [0.1, 0.15) is 6.42 Å². The summed E-state index contributed by atoms with van der Waals surface area (Å²) in [5, 5.41) is 9.61. The molecule has 7 nitrogen and oxygen atoms in total. The minimum atomic E-state index is -0.993. The van der Waals surface area contributed by atoms with Crippen molar-refractivity contribution in [2.45, 2.75) is 19.0 Å². The first-order valence-corrected chi connectivity index (χ1v) is 8.27. The van der Waals surface area contributed by atoms with Gasteiger partial charge < -0.3 is 10.0 Å². The monoisotopic (exact) mass is 333 g/mol. The van der Waals surface area contributed by atoms with Crippen LogP contribution in [0.5, 0.6) is 0 Å². The van der Waals surface area contributed by atoms with Gasteiger partial charge >= 0.3 is 5.97 Å². The Kier molecular flexibility index (Phi) is 4.33. The average Bonchev–Trinajstić information content (AvgIpc) is 3.04. The van der Waals surface area contributed by atoms with Crippen molar-refractivity contribution in [3.8, 4) is 0 Å². The van der Waals surface area contributed by atoms with E-state index in [2.05, 4.69) is 4.98 Å². The van der Waals surface area contributed by atoms with E-state index in [1.165, 1.54) is 27.6 Å². The van der Waals surface area contributed by atoms with E-state index >= 15 is 0 Å².